The molecule has 0 saturated carbocycles. The van der Waals surface area contributed by atoms with Crippen molar-refractivity contribution in [1.29, 1.82) is 0 Å². The van der Waals surface area contributed by atoms with E-state index >= 15 is 0 Å². The molecule has 1 aliphatic rings. The molecule has 172 valence electrons. The number of aryl methyl sites for hydroxylation is 1. The van der Waals surface area contributed by atoms with E-state index in [9.17, 15) is 4.79 Å². The first-order chi connectivity index (χ1) is 15.4. The third kappa shape index (κ3) is 8.89. The first kappa shape index (κ1) is 25.1. The smallest absolute Gasteiger partial charge is 0.414 e. The second-order valence-electron chi connectivity index (χ2n) is 7.86. The Kier molecular flexibility index (Phi) is 10.4. The van der Waals surface area contributed by atoms with Crippen molar-refractivity contribution in [2.75, 3.05) is 19.6 Å². The fourth-order valence-electron chi connectivity index (χ4n) is 3.61. The van der Waals surface area contributed by atoms with Crippen LogP contribution >= 0.6 is 0 Å². The van der Waals surface area contributed by atoms with E-state index in [-0.39, 0.29) is 11.8 Å². The fraction of sp³-hybridized carbons (Fsp3) is 0.400. The maximum absolute atomic E-state index is 12.4. The van der Waals surface area contributed by atoms with E-state index in [1.165, 1.54) is 16.7 Å². The summed E-state index contributed by atoms with van der Waals surface area (Å²) in [4.78, 5) is 33.1. The van der Waals surface area contributed by atoms with Crippen molar-refractivity contribution in [2.45, 2.75) is 39.2 Å². The van der Waals surface area contributed by atoms with Crippen LogP contribution in [0.1, 0.15) is 36.5 Å². The molecule has 2 aromatic rings. The predicted octanol–water partition coefficient (Wildman–Crippen LogP) is 2.98. The molecule has 2 aromatic carbocycles. The molecule has 1 heterocycles. The van der Waals surface area contributed by atoms with Crippen LogP contribution in [0.5, 0.6) is 0 Å². The van der Waals surface area contributed by atoms with Crippen molar-refractivity contribution in [3.63, 3.8) is 0 Å². The van der Waals surface area contributed by atoms with E-state index < -0.39 is 11.9 Å². The number of piperidine rings is 1. The van der Waals surface area contributed by atoms with Gasteiger partial charge in [-0.05, 0) is 55.5 Å². The maximum Gasteiger partial charge on any atom is 0.414 e. The number of hydrogen-bond donors (Lipinski definition) is 3. The van der Waals surface area contributed by atoms with Crippen molar-refractivity contribution in [1.82, 2.24) is 10.2 Å². The number of hydrogen-bond acceptors (Lipinski definition) is 4. The lowest BCUT2D eigenvalue weighted by molar-refractivity contribution is -0.159. The van der Waals surface area contributed by atoms with Crippen molar-refractivity contribution in [2.24, 2.45) is 5.92 Å². The Morgan fingerprint density at radius 2 is 1.44 bits per heavy atom. The quantitative estimate of drug-likeness (QED) is 0.572. The number of nitrogens with one attached hydrogen (secondary N) is 1. The van der Waals surface area contributed by atoms with Gasteiger partial charge in [0, 0.05) is 19.0 Å². The number of carboxylic acids is 2. The van der Waals surface area contributed by atoms with Crippen LogP contribution in [0.4, 0.5) is 0 Å². The van der Waals surface area contributed by atoms with Gasteiger partial charge in [0.2, 0.25) is 5.91 Å². The lowest BCUT2D eigenvalue weighted by Crippen LogP contribution is -2.40. The highest BCUT2D eigenvalue weighted by molar-refractivity contribution is 6.27. The summed E-state index contributed by atoms with van der Waals surface area (Å²) in [6.45, 7) is 5.92. The minimum atomic E-state index is -1.82. The molecule has 1 amide bonds. The summed E-state index contributed by atoms with van der Waals surface area (Å²) < 4.78 is 0. The van der Waals surface area contributed by atoms with Gasteiger partial charge in [-0.15, -0.1) is 0 Å². The van der Waals surface area contributed by atoms with Gasteiger partial charge in [0.1, 0.15) is 0 Å². The number of nitrogens with zero attached hydrogens (tertiary/aromatic N) is 1. The Labute approximate surface area is 189 Å². The molecule has 7 nitrogen and oxygen atoms in total. The summed E-state index contributed by atoms with van der Waals surface area (Å²) in [5, 5.41) is 17.9. The Morgan fingerprint density at radius 1 is 0.875 bits per heavy atom. The van der Waals surface area contributed by atoms with Gasteiger partial charge in [-0.1, -0.05) is 61.5 Å². The monoisotopic (exact) mass is 440 g/mol. The zero-order valence-electron chi connectivity index (χ0n) is 18.5. The van der Waals surface area contributed by atoms with Crippen molar-refractivity contribution in [3.8, 4) is 0 Å². The molecular weight excluding hydrogens is 408 g/mol. The van der Waals surface area contributed by atoms with E-state index in [0.29, 0.717) is 0 Å². The molecule has 7 heteroatoms. The average molecular weight is 441 g/mol. The molecule has 0 aliphatic carbocycles. The van der Waals surface area contributed by atoms with E-state index in [0.717, 1.165) is 51.9 Å². The minimum Gasteiger partial charge on any atom is -0.473 e. The van der Waals surface area contributed by atoms with Crippen LogP contribution in [-0.4, -0.2) is 52.6 Å². The topological polar surface area (TPSA) is 107 Å². The van der Waals surface area contributed by atoms with Gasteiger partial charge in [0.15, 0.2) is 0 Å². The van der Waals surface area contributed by atoms with E-state index in [4.69, 9.17) is 19.8 Å². The molecule has 1 fully saturated rings. The fourth-order valence-corrected chi connectivity index (χ4v) is 3.61. The van der Waals surface area contributed by atoms with Crippen LogP contribution in [0.3, 0.4) is 0 Å². The molecule has 0 unspecified atom stereocenters. The zero-order chi connectivity index (χ0) is 23.3. The number of likely N-dealkylation sites (tertiary alicyclic amines) is 1. The number of carbonyl (C=O) groups excluding carboxylic acids is 1. The molecule has 1 saturated heterocycles. The number of benzene rings is 2. The maximum atomic E-state index is 12.4. The first-order valence-corrected chi connectivity index (χ1v) is 11.0. The van der Waals surface area contributed by atoms with Crippen molar-refractivity contribution in [3.05, 3.63) is 71.3 Å². The van der Waals surface area contributed by atoms with Gasteiger partial charge in [0.25, 0.3) is 0 Å². The predicted molar refractivity (Wildman–Crippen MR) is 122 cm³/mol. The second-order valence-corrected chi connectivity index (χ2v) is 7.86. The zero-order valence-corrected chi connectivity index (χ0v) is 18.5. The van der Waals surface area contributed by atoms with Gasteiger partial charge in [-0.25, -0.2) is 9.59 Å². The molecule has 0 radical (unpaired) electrons. The van der Waals surface area contributed by atoms with Crippen LogP contribution < -0.4 is 5.32 Å². The number of rotatable bonds is 7. The molecule has 3 N–H and O–H groups in total. The van der Waals surface area contributed by atoms with Gasteiger partial charge < -0.3 is 15.5 Å². The Bertz CT molecular complexity index is 848. The largest absolute Gasteiger partial charge is 0.473 e. The van der Waals surface area contributed by atoms with E-state index in [2.05, 4.69) is 53.5 Å². The molecule has 0 atom stereocenters. The molecular formula is C25H32N2O5. The Balaban J connectivity index is 0.000000534. The van der Waals surface area contributed by atoms with E-state index in [1.54, 1.807) is 0 Å². The van der Waals surface area contributed by atoms with E-state index in [1.807, 2.05) is 18.2 Å². The lowest BCUT2D eigenvalue weighted by atomic mass is 9.95. The van der Waals surface area contributed by atoms with Crippen LogP contribution in [0, 0.1) is 5.92 Å². The second kappa shape index (κ2) is 13.3. The summed E-state index contributed by atoms with van der Waals surface area (Å²) in [5.74, 6) is -3.25. The Hall–Kier alpha value is -3.19. The molecule has 0 bridgehead atoms. The van der Waals surface area contributed by atoms with Crippen molar-refractivity contribution >= 4 is 17.8 Å². The summed E-state index contributed by atoms with van der Waals surface area (Å²) in [7, 11) is 0. The first-order valence-electron chi connectivity index (χ1n) is 11.0. The summed E-state index contributed by atoms with van der Waals surface area (Å²) in [6, 6.07) is 19.3. The number of carboxylic acid groups (broad SMARTS) is 2. The average Bonchev–Trinajstić information content (AvgIpc) is 2.81. The SMILES string of the molecule is CCc1ccc(CN2CCC(C(=O)NCCc3ccccc3)CC2)cc1.O=C(O)C(=O)O. The molecule has 3 rings (SSSR count). The highest BCUT2D eigenvalue weighted by Crippen LogP contribution is 2.19. The van der Waals surface area contributed by atoms with Gasteiger partial charge in [-0.3, -0.25) is 9.69 Å². The molecule has 0 spiro atoms. The summed E-state index contributed by atoms with van der Waals surface area (Å²) in [6.07, 6.45) is 3.92. The lowest BCUT2D eigenvalue weighted by Gasteiger charge is -2.31. The van der Waals surface area contributed by atoms with Gasteiger partial charge in [-0.2, -0.15) is 0 Å². The standard InChI is InChI=1S/C23H30N2O.C2H2O4/c1-2-19-8-10-21(11-9-19)18-25-16-13-22(14-17-25)23(26)24-15-12-20-6-4-3-5-7-20;3-1(4)2(5)6/h3-11,22H,2,12-18H2,1H3,(H,24,26);(H,3,4)(H,5,6). The number of carbonyl (C=O) groups is 3. The van der Waals surface area contributed by atoms with Crippen LogP contribution in [0.2, 0.25) is 0 Å². The summed E-state index contributed by atoms with van der Waals surface area (Å²) in [5.41, 5.74) is 4.03. The highest BCUT2D eigenvalue weighted by atomic mass is 16.4. The summed E-state index contributed by atoms with van der Waals surface area (Å²) >= 11 is 0. The van der Waals surface area contributed by atoms with Crippen LogP contribution in [-0.2, 0) is 33.8 Å². The van der Waals surface area contributed by atoms with Crippen LogP contribution in [0.15, 0.2) is 54.6 Å². The normalized spacial score (nSPS) is 14.2. The molecule has 0 aromatic heterocycles. The van der Waals surface area contributed by atoms with Gasteiger partial charge in [0.05, 0.1) is 0 Å². The minimum absolute atomic E-state index is 0.171. The Morgan fingerprint density at radius 3 is 1.97 bits per heavy atom. The third-order valence-corrected chi connectivity index (χ3v) is 5.53. The molecule has 32 heavy (non-hydrogen) atoms. The molecule has 1 aliphatic heterocycles. The van der Waals surface area contributed by atoms with Crippen molar-refractivity contribution < 1.29 is 24.6 Å². The number of amides is 1. The highest BCUT2D eigenvalue weighted by Gasteiger charge is 2.24. The third-order valence-electron chi connectivity index (χ3n) is 5.53. The van der Waals surface area contributed by atoms with Crippen LogP contribution in [0.25, 0.3) is 0 Å². The number of aliphatic carboxylic acids is 2. The van der Waals surface area contributed by atoms with Gasteiger partial charge >= 0.3 is 11.9 Å².